The second kappa shape index (κ2) is 5.68. The number of benzene rings is 1. The lowest BCUT2D eigenvalue weighted by Gasteiger charge is -2.04. The Kier molecular flexibility index (Phi) is 3.98. The zero-order valence-electron chi connectivity index (χ0n) is 9.52. The molecule has 0 N–H and O–H groups in total. The first kappa shape index (κ1) is 11.9. The summed E-state index contributed by atoms with van der Waals surface area (Å²) in [4.78, 5) is 0. The van der Waals surface area contributed by atoms with Gasteiger partial charge in [0.1, 0.15) is 11.6 Å². The topological polar surface area (TPSA) is 48.2 Å². The molecule has 0 fully saturated rings. The summed E-state index contributed by atoms with van der Waals surface area (Å²) in [6.07, 6.45) is 0.980. The number of rotatable bonds is 5. The summed E-state index contributed by atoms with van der Waals surface area (Å²) in [6, 6.07) is 7.92. The van der Waals surface area contributed by atoms with E-state index in [1.54, 1.807) is 0 Å². The molecule has 1 heterocycles. The van der Waals surface area contributed by atoms with E-state index >= 15 is 0 Å². The van der Waals surface area contributed by atoms with Gasteiger partial charge >= 0.3 is 0 Å². The zero-order chi connectivity index (χ0) is 12.1. The van der Waals surface area contributed by atoms with Gasteiger partial charge in [0.15, 0.2) is 6.61 Å². The Hall–Kier alpha value is -1.55. The van der Waals surface area contributed by atoms with E-state index in [9.17, 15) is 0 Å². The maximum atomic E-state index is 5.56. The molecule has 0 radical (unpaired) electrons. The van der Waals surface area contributed by atoms with Crippen molar-refractivity contribution in [1.82, 2.24) is 10.2 Å². The van der Waals surface area contributed by atoms with Gasteiger partial charge in [0, 0.05) is 0 Å². The molecule has 0 amide bonds. The highest BCUT2D eigenvalue weighted by Gasteiger charge is 2.05. The van der Waals surface area contributed by atoms with Gasteiger partial charge in [-0.3, -0.25) is 0 Å². The highest BCUT2D eigenvalue weighted by Crippen LogP contribution is 2.15. The summed E-state index contributed by atoms with van der Waals surface area (Å²) in [6.45, 7) is 2.36. The van der Waals surface area contributed by atoms with Crippen molar-refractivity contribution < 1.29 is 9.15 Å². The third-order valence-corrected chi connectivity index (χ3v) is 2.52. The first-order valence-electron chi connectivity index (χ1n) is 5.40. The summed E-state index contributed by atoms with van der Waals surface area (Å²) in [5.41, 5.74) is 1.23. The molecular formula is C12H13ClN2O2. The van der Waals surface area contributed by atoms with Crippen LogP contribution < -0.4 is 4.74 Å². The van der Waals surface area contributed by atoms with Gasteiger partial charge in [-0.05, 0) is 24.1 Å². The van der Waals surface area contributed by atoms with Gasteiger partial charge < -0.3 is 9.15 Å². The Morgan fingerprint density at radius 1 is 1.29 bits per heavy atom. The SMILES string of the molecule is CCc1cccc(OCc2nnc(CCl)o2)c1. The van der Waals surface area contributed by atoms with Gasteiger partial charge in [0.25, 0.3) is 5.89 Å². The maximum absolute atomic E-state index is 5.56. The van der Waals surface area contributed by atoms with Crippen LogP contribution in [0.2, 0.25) is 0 Å². The molecule has 0 bridgehead atoms. The van der Waals surface area contributed by atoms with Crippen LogP contribution in [0.4, 0.5) is 0 Å². The second-order valence-corrected chi connectivity index (χ2v) is 3.78. The summed E-state index contributed by atoms with van der Waals surface area (Å²) >= 11 is 5.56. The number of hydrogen-bond donors (Lipinski definition) is 0. The quantitative estimate of drug-likeness (QED) is 0.768. The number of nitrogens with zero attached hydrogens (tertiary/aromatic N) is 2. The number of alkyl halides is 1. The minimum atomic E-state index is 0.221. The minimum Gasteiger partial charge on any atom is -0.484 e. The van der Waals surface area contributed by atoms with Crippen LogP contribution in [0.1, 0.15) is 24.3 Å². The predicted molar refractivity (Wildman–Crippen MR) is 64.0 cm³/mol. The predicted octanol–water partition coefficient (Wildman–Crippen LogP) is 2.95. The van der Waals surface area contributed by atoms with Crippen LogP contribution in [0, 0.1) is 0 Å². The average molecular weight is 253 g/mol. The van der Waals surface area contributed by atoms with E-state index in [2.05, 4.69) is 23.2 Å². The number of halogens is 1. The molecule has 0 saturated carbocycles. The van der Waals surface area contributed by atoms with E-state index in [0.29, 0.717) is 11.8 Å². The standard InChI is InChI=1S/C12H13ClN2O2/c1-2-9-4-3-5-10(6-9)16-8-12-15-14-11(7-13)17-12/h3-6H,2,7-8H2,1H3. The summed E-state index contributed by atoms with van der Waals surface area (Å²) in [7, 11) is 0. The molecule has 90 valence electrons. The highest BCUT2D eigenvalue weighted by molar-refractivity contribution is 6.16. The van der Waals surface area contributed by atoms with Crippen molar-refractivity contribution in [3.8, 4) is 5.75 Å². The van der Waals surface area contributed by atoms with Crippen LogP contribution in [0.5, 0.6) is 5.75 Å². The molecule has 0 spiro atoms. The van der Waals surface area contributed by atoms with E-state index < -0.39 is 0 Å². The smallest absolute Gasteiger partial charge is 0.253 e. The molecular weight excluding hydrogens is 240 g/mol. The summed E-state index contributed by atoms with van der Waals surface area (Å²) in [5.74, 6) is 1.86. The van der Waals surface area contributed by atoms with E-state index in [4.69, 9.17) is 20.8 Å². The Bertz CT molecular complexity index is 485. The van der Waals surface area contributed by atoms with E-state index in [1.807, 2.05) is 18.2 Å². The van der Waals surface area contributed by atoms with Crippen LogP contribution >= 0.6 is 11.6 Å². The Balaban J connectivity index is 1.96. The molecule has 5 heteroatoms. The molecule has 0 aliphatic heterocycles. The van der Waals surface area contributed by atoms with Crippen molar-refractivity contribution in [2.75, 3.05) is 0 Å². The van der Waals surface area contributed by atoms with Crippen LogP contribution in [-0.2, 0) is 18.9 Å². The van der Waals surface area contributed by atoms with Gasteiger partial charge in [0.05, 0.1) is 0 Å². The largest absolute Gasteiger partial charge is 0.484 e. The first-order chi connectivity index (χ1) is 8.31. The van der Waals surface area contributed by atoms with E-state index in [-0.39, 0.29) is 12.5 Å². The lowest BCUT2D eigenvalue weighted by molar-refractivity contribution is 0.260. The van der Waals surface area contributed by atoms with Crippen molar-refractivity contribution in [3.63, 3.8) is 0 Å². The highest BCUT2D eigenvalue weighted by atomic mass is 35.5. The van der Waals surface area contributed by atoms with E-state index in [1.165, 1.54) is 5.56 Å². The third kappa shape index (κ3) is 3.20. The Labute approximate surface area is 105 Å². The fourth-order valence-electron chi connectivity index (χ4n) is 1.40. The van der Waals surface area contributed by atoms with Gasteiger partial charge in [-0.2, -0.15) is 0 Å². The molecule has 0 atom stereocenters. The summed E-state index contributed by atoms with van der Waals surface area (Å²) in [5, 5.41) is 7.57. The van der Waals surface area contributed by atoms with Crippen LogP contribution in [0.15, 0.2) is 28.7 Å². The second-order valence-electron chi connectivity index (χ2n) is 3.51. The number of aromatic nitrogens is 2. The van der Waals surface area contributed by atoms with Crippen LogP contribution in [-0.4, -0.2) is 10.2 Å². The van der Waals surface area contributed by atoms with Crippen molar-refractivity contribution >= 4 is 11.6 Å². The van der Waals surface area contributed by atoms with E-state index in [0.717, 1.165) is 12.2 Å². The van der Waals surface area contributed by atoms with Crippen molar-refractivity contribution in [2.24, 2.45) is 0 Å². The molecule has 0 saturated heterocycles. The van der Waals surface area contributed by atoms with Crippen molar-refractivity contribution in [2.45, 2.75) is 25.8 Å². The van der Waals surface area contributed by atoms with Gasteiger partial charge in [-0.25, -0.2) is 0 Å². The van der Waals surface area contributed by atoms with Gasteiger partial charge in [0.2, 0.25) is 5.89 Å². The minimum absolute atomic E-state index is 0.221. The molecule has 2 aromatic rings. The fraction of sp³-hybridized carbons (Fsp3) is 0.333. The molecule has 1 aromatic carbocycles. The molecule has 4 nitrogen and oxygen atoms in total. The number of ether oxygens (including phenoxy) is 1. The maximum Gasteiger partial charge on any atom is 0.253 e. The Morgan fingerprint density at radius 2 is 2.12 bits per heavy atom. The zero-order valence-corrected chi connectivity index (χ0v) is 10.3. The molecule has 2 rings (SSSR count). The fourth-order valence-corrected chi connectivity index (χ4v) is 1.51. The van der Waals surface area contributed by atoms with Crippen molar-refractivity contribution in [3.05, 3.63) is 41.6 Å². The molecule has 17 heavy (non-hydrogen) atoms. The lowest BCUT2D eigenvalue weighted by Crippen LogP contribution is -1.96. The summed E-state index contributed by atoms with van der Waals surface area (Å²) < 4.78 is 10.8. The Morgan fingerprint density at radius 3 is 2.82 bits per heavy atom. The molecule has 0 unspecified atom stereocenters. The average Bonchev–Trinajstić information content (AvgIpc) is 2.84. The molecule has 0 aliphatic rings. The third-order valence-electron chi connectivity index (χ3n) is 2.29. The lowest BCUT2D eigenvalue weighted by atomic mass is 10.2. The molecule has 1 aromatic heterocycles. The molecule has 0 aliphatic carbocycles. The monoisotopic (exact) mass is 252 g/mol. The normalized spacial score (nSPS) is 10.5. The van der Waals surface area contributed by atoms with Crippen molar-refractivity contribution in [1.29, 1.82) is 0 Å². The van der Waals surface area contributed by atoms with Gasteiger partial charge in [-0.1, -0.05) is 19.1 Å². The number of aryl methyl sites for hydroxylation is 1. The van der Waals surface area contributed by atoms with Crippen LogP contribution in [0.3, 0.4) is 0 Å². The van der Waals surface area contributed by atoms with Gasteiger partial charge in [-0.15, -0.1) is 21.8 Å². The van der Waals surface area contributed by atoms with Crippen LogP contribution in [0.25, 0.3) is 0 Å². The number of hydrogen-bond acceptors (Lipinski definition) is 4. The first-order valence-corrected chi connectivity index (χ1v) is 5.94.